The summed E-state index contributed by atoms with van der Waals surface area (Å²) in [7, 11) is 0. The summed E-state index contributed by atoms with van der Waals surface area (Å²) in [6, 6.07) is 0. The summed E-state index contributed by atoms with van der Waals surface area (Å²) in [5.74, 6) is 2.41. The van der Waals surface area contributed by atoms with Crippen molar-refractivity contribution in [3.8, 4) is 0 Å². The molecular weight excluding hydrogens is 288 g/mol. The first-order valence-corrected chi connectivity index (χ1v) is 7.19. The Kier molecular flexibility index (Phi) is 3.91. The molecule has 88 valence electrons. The third kappa shape index (κ3) is 2.60. The second-order valence-electron chi connectivity index (χ2n) is 3.75. The van der Waals surface area contributed by atoms with Crippen molar-refractivity contribution in [2.24, 2.45) is 0 Å². The molecule has 2 N–H and O–H groups in total. The van der Waals surface area contributed by atoms with Gasteiger partial charge >= 0.3 is 0 Å². The zero-order valence-electron chi connectivity index (χ0n) is 9.19. The van der Waals surface area contributed by atoms with Gasteiger partial charge in [0.25, 0.3) is 0 Å². The average molecular weight is 303 g/mol. The summed E-state index contributed by atoms with van der Waals surface area (Å²) < 4.78 is 0.920. The molecule has 1 saturated heterocycles. The van der Waals surface area contributed by atoms with Crippen LogP contribution in [0.4, 0.5) is 11.8 Å². The molecule has 1 atom stereocenters. The van der Waals surface area contributed by atoms with Gasteiger partial charge in [0.2, 0.25) is 5.95 Å². The van der Waals surface area contributed by atoms with Crippen LogP contribution in [-0.4, -0.2) is 34.1 Å². The summed E-state index contributed by atoms with van der Waals surface area (Å²) >= 11 is 5.52. The van der Waals surface area contributed by atoms with Crippen LogP contribution >= 0.6 is 27.7 Å². The number of hydrogen-bond donors (Lipinski definition) is 1. The summed E-state index contributed by atoms with van der Waals surface area (Å²) in [6.45, 7) is 4.29. The normalized spacial score (nSPS) is 21.1. The van der Waals surface area contributed by atoms with Gasteiger partial charge in [0, 0.05) is 30.3 Å². The van der Waals surface area contributed by atoms with Crippen LogP contribution in [0.5, 0.6) is 0 Å². The van der Waals surface area contributed by atoms with Crippen LogP contribution in [0.3, 0.4) is 0 Å². The van der Waals surface area contributed by atoms with Crippen LogP contribution in [0.1, 0.15) is 13.3 Å². The van der Waals surface area contributed by atoms with Crippen LogP contribution in [0.2, 0.25) is 0 Å². The molecule has 0 saturated carbocycles. The van der Waals surface area contributed by atoms with E-state index in [0.29, 0.717) is 11.2 Å². The number of hydrogen-bond acceptors (Lipinski definition) is 5. The zero-order valence-corrected chi connectivity index (χ0v) is 11.6. The molecule has 0 bridgehead atoms. The Hall–Kier alpha value is -0.490. The lowest BCUT2D eigenvalue weighted by molar-refractivity contribution is 0.718. The van der Waals surface area contributed by atoms with E-state index in [2.05, 4.69) is 37.7 Å². The number of anilines is 2. The molecule has 0 amide bonds. The molecule has 16 heavy (non-hydrogen) atoms. The van der Waals surface area contributed by atoms with E-state index >= 15 is 0 Å². The Balaban J connectivity index is 2.19. The number of aromatic nitrogens is 2. The fourth-order valence-electron chi connectivity index (χ4n) is 1.75. The minimum atomic E-state index is 0.337. The van der Waals surface area contributed by atoms with Gasteiger partial charge in [-0.25, -0.2) is 4.98 Å². The first kappa shape index (κ1) is 12.0. The number of halogens is 1. The molecule has 0 aliphatic carbocycles. The maximum absolute atomic E-state index is 5.63. The van der Waals surface area contributed by atoms with Crippen LogP contribution in [0.15, 0.2) is 10.7 Å². The van der Waals surface area contributed by atoms with Gasteiger partial charge in [0.15, 0.2) is 0 Å². The van der Waals surface area contributed by atoms with E-state index in [1.807, 2.05) is 11.8 Å². The van der Waals surface area contributed by atoms with Gasteiger partial charge in [-0.2, -0.15) is 16.7 Å². The topological polar surface area (TPSA) is 55.0 Å². The van der Waals surface area contributed by atoms with Crippen molar-refractivity contribution in [3.63, 3.8) is 0 Å². The van der Waals surface area contributed by atoms with Gasteiger partial charge in [-0.05, 0) is 22.4 Å². The molecule has 1 aliphatic heterocycles. The highest BCUT2D eigenvalue weighted by Gasteiger charge is 2.21. The number of nitrogens with two attached hydrogens (primary N) is 1. The Labute approximate surface area is 108 Å². The highest BCUT2D eigenvalue weighted by Crippen LogP contribution is 2.29. The predicted molar refractivity (Wildman–Crippen MR) is 72.9 cm³/mol. The van der Waals surface area contributed by atoms with E-state index in [1.165, 1.54) is 6.42 Å². The number of nitrogen functional groups attached to an aromatic ring is 1. The van der Waals surface area contributed by atoms with Gasteiger partial charge in [-0.15, -0.1) is 0 Å². The molecule has 4 nitrogen and oxygen atoms in total. The minimum Gasteiger partial charge on any atom is -0.368 e. The van der Waals surface area contributed by atoms with Gasteiger partial charge in [0.05, 0.1) is 4.47 Å². The molecule has 0 aromatic carbocycles. The molecule has 1 fully saturated rings. The predicted octanol–water partition coefficient (Wildman–Crippen LogP) is 2.15. The van der Waals surface area contributed by atoms with E-state index in [1.54, 1.807) is 6.20 Å². The lowest BCUT2D eigenvalue weighted by atomic mass is 10.3. The molecule has 1 aromatic heterocycles. The lowest BCUT2D eigenvalue weighted by Crippen LogP contribution is -2.38. The number of rotatable bonds is 2. The first-order chi connectivity index (χ1) is 7.70. The summed E-state index contributed by atoms with van der Waals surface area (Å²) in [5.41, 5.74) is 5.63. The van der Waals surface area contributed by atoms with Crippen molar-refractivity contribution in [3.05, 3.63) is 10.7 Å². The van der Waals surface area contributed by atoms with Crippen LogP contribution in [0, 0.1) is 0 Å². The summed E-state index contributed by atoms with van der Waals surface area (Å²) in [4.78, 5) is 10.5. The van der Waals surface area contributed by atoms with Gasteiger partial charge < -0.3 is 10.6 Å². The second-order valence-corrected chi connectivity index (χ2v) is 6.01. The summed E-state index contributed by atoms with van der Waals surface area (Å²) in [6.07, 6.45) is 2.92. The van der Waals surface area contributed by atoms with Crippen molar-refractivity contribution in [2.75, 3.05) is 29.5 Å². The van der Waals surface area contributed by atoms with E-state index in [9.17, 15) is 0 Å². The fraction of sp³-hybridized carbons (Fsp3) is 0.600. The molecule has 2 heterocycles. The monoisotopic (exact) mass is 302 g/mol. The minimum absolute atomic E-state index is 0.337. The van der Waals surface area contributed by atoms with Crippen LogP contribution in [-0.2, 0) is 0 Å². The SMILES string of the molecule is CCC1CN(c2nc(N)ncc2Br)CCS1. The fourth-order valence-corrected chi connectivity index (χ4v) is 3.37. The van der Waals surface area contributed by atoms with Crippen molar-refractivity contribution < 1.29 is 0 Å². The average Bonchev–Trinajstić information content (AvgIpc) is 2.32. The van der Waals surface area contributed by atoms with E-state index < -0.39 is 0 Å². The zero-order chi connectivity index (χ0) is 11.5. The molecule has 1 aliphatic rings. The maximum Gasteiger partial charge on any atom is 0.222 e. The van der Waals surface area contributed by atoms with Crippen molar-refractivity contribution >= 4 is 39.5 Å². The first-order valence-electron chi connectivity index (χ1n) is 5.35. The largest absolute Gasteiger partial charge is 0.368 e. The third-order valence-electron chi connectivity index (χ3n) is 2.64. The molecule has 1 unspecified atom stereocenters. The highest BCUT2D eigenvalue weighted by molar-refractivity contribution is 9.10. The van der Waals surface area contributed by atoms with E-state index in [-0.39, 0.29) is 0 Å². The molecule has 2 rings (SSSR count). The number of nitrogens with zero attached hydrogens (tertiary/aromatic N) is 3. The number of thioether (sulfide) groups is 1. The quantitative estimate of drug-likeness (QED) is 0.907. The van der Waals surface area contributed by atoms with E-state index in [4.69, 9.17) is 5.73 Å². The Morgan fingerprint density at radius 1 is 1.69 bits per heavy atom. The van der Waals surface area contributed by atoms with Gasteiger partial charge in [0.1, 0.15) is 5.82 Å². The Bertz CT molecular complexity index is 374. The molecule has 1 aromatic rings. The molecule has 6 heteroatoms. The van der Waals surface area contributed by atoms with Crippen molar-refractivity contribution in [1.82, 2.24) is 9.97 Å². The smallest absolute Gasteiger partial charge is 0.222 e. The van der Waals surface area contributed by atoms with Crippen molar-refractivity contribution in [1.29, 1.82) is 0 Å². The van der Waals surface area contributed by atoms with Crippen LogP contribution in [0.25, 0.3) is 0 Å². The van der Waals surface area contributed by atoms with Crippen molar-refractivity contribution in [2.45, 2.75) is 18.6 Å². The van der Waals surface area contributed by atoms with Crippen LogP contribution < -0.4 is 10.6 Å². The Morgan fingerprint density at radius 3 is 3.25 bits per heavy atom. The third-order valence-corrected chi connectivity index (χ3v) is 4.57. The Morgan fingerprint density at radius 2 is 2.50 bits per heavy atom. The summed E-state index contributed by atoms with van der Waals surface area (Å²) in [5, 5.41) is 0.692. The standard InChI is InChI=1S/C10H15BrN4S/c1-2-7-6-15(3-4-16-7)9-8(11)5-13-10(12)14-9/h5,7H,2-4,6H2,1H3,(H2,12,13,14). The van der Waals surface area contributed by atoms with Gasteiger partial charge in [-0.3, -0.25) is 0 Å². The molecular formula is C10H15BrN4S. The molecule has 0 radical (unpaired) electrons. The highest BCUT2D eigenvalue weighted by atomic mass is 79.9. The molecule has 0 spiro atoms. The lowest BCUT2D eigenvalue weighted by Gasteiger charge is -2.33. The van der Waals surface area contributed by atoms with Gasteiger partial charge in [-0.1, -0.05) is 6.92 Å². The van der Waals surface area contributed by atoms with E-state index in [0.717, 1.165) is 29.1 Å². The maximum atomic E-state index is 5.63. The second kappa shape index (κ2) is 5.23.